The number of para-hydroxylation sites is 2. The van der Waals surface area contributed by atoms with E-state index in [0.29, 0.717) is 31.8 Å². The average Bonchev–Trinajstić information content (AvgIpc) is 3.44. The van der Waals surface area contributed by atoms with Crippen LogP contribution in [0.3, 0.4) is 0 Å². The van der Waals surface area contributed by atoms with Crippen molar-refractivity contribution in [3.05, 3.63) is 70.2 Å². The molecule has 0 amide bonds. The van der Waals surface area contributed by atoms with Gasteiger partial charge >= 0.3 is 12.1 Å². The van der Waals surface area contributed by atoms with E-state index in [4.69, 9.17) is 9.15 Å². The van der Waals surface area contributed by atoms with E-state index in [0.717, 1.165) is 24.7 Å². The molecule has 4 aromatic rings. The van der Waals surface area contributed by atoms with Gasteiger partial charge < -0.3 is 9.15 Å². The second-order valence-corrected chi connectivity index (χ2v) is 8.02. The highest BCUT2D eigenvalue weighted by molar-refractivity contribution is 5.76. The molecule has 3 heterocycles. The van der Waals surface area contributed by atoms with Crippen molar-refractivity contribution in [2.45, 2.75) is 19.5 Å². The second-order valence-electron chi connectivity index (χ2n) is 8.02. The summed E-state index contributed by atoms with van der Waals surface area (Å²) in [5.74, 6) is -1.63. The van der Waals surface area contributed by atoms with Crippen molar-refractivity contribution < 1.29 is 22.3 Å². The fourth-order valence-electron chi connectivity index (χ4n) is 4.13. The first-order valence-corrected chi connectivity index (χ1v) is 10.9. The zero-order valence-electron chi connectivity index (χ0n) is 18.2. The van der Waals surface area contributed by atoms with Gasteiger partial charge in [-0.25, -0.2) is 9.18 Å². The molecule has 11 heteroatoms. The molecule has 0 radical (unpaired) electrons. The number of ether oxygens (including phenoxy) is 1. The number of aromatic nitrogens is 4. The highest BCUT2D eigenvalue weighted by atomic mass is 19.3. The predicted octanol–water partition coefficient (Wildman–Crippen LogP) is 3.31. The summed E-state index contributed by atoms with van der Waals surface area (Å²) in [6.45, 7) is 4.25. The van der Waals surface area contributed by atoms with Gasteiger partial charge in [0.2, 0.25) is 5.89 Å². The number of halogens is 3. The summed E-state index contributed by atoms with van der Waals surface area (Å²) in [5.41, 5.74) is 1.72. The fraction of sp³-hybridized carbons (Fsp3) is 0.348. The monoisotopic (exact) mass is 473 g/mol. The lowest BCUT2D eigenvalue weighted by atomic mass is 10.1. The number of fused-ring (bicyclic) bond motifs is 1. The topological polar surface area (TPSA) is 78.3 Å². The largest absolute Gasteiger partial charge is 0.415 e. The van der Waals surface area contributed by atoms with Crippen LogP contribution in [0.25, 0.3) is 22.5 Å². The molecular formula is C23H22F3N5O3. The van der Waals surface area contributed by atoms with Gasteiger partial charge in [-0.2, -0.15) is 8.78 Å². The van der Waals surface area contributed by atoms with Crippen LogP contribution in [0.15, 0.2) is 51.7 Å². The Kier molecular flexibility index (Phi) is 6.20. The highest BCUT2D eigenvalue weighted by Crippen LogP contribution is 2.25. The van der Waals surface area contributed by atoms with E-state index in [9.17, 15) is 18.0 Å². The van der Waals surface area contributed by atoms with Crippen LogP contribution in [0, 0.1) is 5.82 Å². The molecule has 5 rings (SSSR count). The van der Waals surface area contributed by atoms with Crippen molar-refractivity contribution in [2.75, 3.05) is 32.8 Å². The first kappa shape index (κ1) is 22.4. The Morgan fingerprint density at radius 2 is 1.71 bits per heavy atom. The molecule has 0 aliphatic carbocycles. The van der Waals surface area contributed by atoms with Gasteiger partial charge in [-0.1, -0.05) is 18.2 Å². The van der Waals surface area contributed by atoms with Crippen molar-refractivity contribution in [3.8, 4) is 11.5 Å². The molecule has 34 heavy (non-hydrogen) atoms. The van der Waals surface area contributed by atoms with Gasteiger partial charge in [0, 0.05) is 37.3 Å². The molecular weight excluding hydrogens is 451 g/mol. The SMILES string of the molecule is O=c1n(CCN2CCOCC2)c2ccccc2n1Cc1ccc(-c2nnc(C(F)F)o2)cc1F. The predicted molar refractivity (Wildman–Crippen MR) is 117 cm³/mol. The van der Waals surface area contributed by atoms with Crippen molar-refractivity contribution >= 4 is 11.0 Å². The molecule has 1 aliphatic rings. The minimum atomic E-state index is -2.90. The maximum atomic E-state index is 14.9. The average molecular weight is 473 g/mol. The highest BCUT2D eigenvalue weighted by Gasteiger charge is 2.19. The molecule has 0 saturated carbocycles. The molecule has 2 aromatic heterocycles. The van der Waals surface area contributed by atoms with Gasteiger partial charge in [0.1, 0.15) is 5.82 Å². The molecule has 0 bridgehead atoms. The fourth-order valence-corrected chi connectivity index (χ4v) is 4.13. The minimum absolute atomic E-state index is 0.0160. The Hall–Kier alpha value is -3.44. The standard InChI is InChI=1S/C23H22F3N5O3/c24-17-13-15(21-27-28-22(34-21)20(25)26)5-6-16(17)14-31-19-4-2-1-3-18(19)30(23(31)32)8-7-29-9-11-33-12-10-29/h1-6,13,20H,7-12,14H2. The second kappa shape index (κ2) is 9.43. The van der Waals surface area contributed by atoms with Gasteiger partial charge in [0.15, 0.2) is 0 Å². The molecule has 8 nitrogen and oxygen atoms in total. The van der Waals surface area contributed by atoms with Crippen LogP contribution in [0.2, 0.25) is 0 Å². The van der Waals surface area contributed by atoms with E-state index in [1.165, 1.54) is 16.7 Å². The number of alkyl halides is 2. The third-order valence-electron chi connectivity index (χ3n) is 5.92. The van der Waals surface area contributed by atoms with Crippen LogP contribution in [0.1, 0.15) is 17.9 Å². The van der Waals surface area contributed by atoms with Gasteiger partial charge in [-0.3, -0.25) is 14.0 Å². The number of rotatable bonds is 7. The summed E-state index contributed by atoms with van der Waals surface area (Å²) in [6.07, 6.45) is -2.90. The normalized spacial score (nSPS) is 14.9. The zero-order valence-corrected chi connectivity index (χ0v) is 18.2. The Morgan fingerprint density at radius 1 is 0.971 bits per heavy atom. The number of hydrogen-bond acceptors (Lipinski definition) is 6. The number of nitrogens with zero attached hydrogens (tertiary/aromatic N) is 5. The lowest BCUT2D eigenvalue weighted by Gasteiger charge is -2.26. The van der Waals surface area contributed by atoms with E-state index < -0.39 is 18.1 Å². The Morgan fingerprint density at radius 3 is 2.38 bits per heavy atom. The van der Waals surface area contributed by atoms with Crippen molar-refractivity contribution in [1.82, 2.24) is 24.2 Å². The van der Waals surface area contributed by atoms with Crippen LogP contribution >= 0.6 is 0 Å². The number of hydrogen-bond donors (Lipinski definition) is 0. The first-order chi connectivity index (χ1) is 16.5. The van der Waals surface area contributed by atoms with Gasteiger partial charge in [-0.05, 0) is 24.3 Å². The van der Waals surface area contributed by atoms with E-state index in [1.807, 2.05) is 24.3 Å². The van der Waals surface area contributed by atoms with Crippen LogP contribution in [-0.2, 0) is 17.8 Å². The number of morpholine rings is 1. The van der Waals surface area contributed by atoms with E-state index in [-0.39, 0.29) is 29.3 Å². The van der Waals surface area contributed by atoms with E-state index >= 15 is 0 Å². The summed E-state index contributed by atoms with van der Waals surface area (Å²) < 4.78 is 53.8. The lowest BCUT2D eigenvalue weighted by Crippen LogP contribution is -2.39. The molecule has 1 aliphatic heterocycles. The summed E-state index contributed by atoms with van der Waals surface area (Å²) in [6, 6.07) is 11.5. The summed E-state index contributed by atoms with van der Waals surface area (Å²) in [7, 11) is 0. The molecule has 178 valence electrons. The maximum Gasteiger partial charge on any atom is 0.329 e. The summed E-state index contributed by atoms with van der Waals surface area (Å²) >= 11 is 0. The van der Waals surface area contributed by atoms with Crippen LogP contribution in [0.5, 0.6) is 0 Å². The summed E-state index contributed by atoms with van der Waals surface area (Å²) in [5, 5.41) is 6.81. The molecule has 1 fully saturated rings. The quantitative estimate of drug-likeness (QED) is 0.410. The van der Waals surface area contributed by atoms with Crippen LogP contribution in [-0.4, -0.2) is 57.1 Å². The van der Waals surface area contributed by atoms with Crippen molar-refractivity contribution in [3.63, 3.8) is 0 Å². The summed E-state index contributed by atoms with van der Waals surface area (Å²) in [4.78, 5) is 15.5. The molecule has 0 spiro atoms. The number of imidazole rings is 1. The maximum absolute atomic E-state index is 14.9. The number of benzene rings is 2. The smallest absolute Gasteiger partial charge is 0.329 e. The minimum Gasteiger partial charge on any atom is -0.415 e. The molecule has 0 atom stereocenters. The third kappa shape index (κ3) is 4.36. The van der Waals surface area contributed by atoms with E-state index in [2.05, 4.69) is 15.1 Å². The van der Waals surface area contributed by atoms with Crippen molar-refractivity contribution in [1.29, 1.82) is 0 Å². The molecule has 0 unspecified atom stereocenters. The Bertz CT molecular complexity index is 1360. The Balaban J connectivity index is 1.42. The molecule has 0 N–H and O–H groups in total. The third-order valence-corrected chi connectivity index (χ3v) is 5.92. The molecule has 1 saturated heterocycles. The van der Waals surface area contributed by atoms with E-state index in [1.54, 1.807) is 4.57 Å². The van der Waals surface area contributed by atoms with Gasteiger partial charge in [0.25, 0.3) is 5.89 Å². The van der Waals surface area contributed by atoms with Crippen molar-refractivity contribution in [2.24, 2.45) is 0 Å². The first-order valence-electron chi connectivity index (χ1n) is 10.9. The lowest BCUT2D eigenvalue weighted by molar-refractivity contribution is 0.0364. The van der Waals surface area contributed by atoms with Crippen LogP contribution < -0.4 is 5.69 Å². The molecule has 2 aromatic carbocycles. The van der Waals surface area contributed by atoms with Gasteiger partial charge in [0.05, 0.1) is 30.8 Å². The Labute approximate surface area is 192 Å². The van der Waals surface area contributed by atoms with Gasteiger partial charge in [-0.15, -0.1) is 10.2 Å². The van der Waals surface area contributed by atoms with Crippen LogP contribution in [0.4, 0.5) is 13.2 Å². The zero-order chi connectivity index (χ0) is 23.7.